The van der Waals surface area contributed by atoms with Gasteiger partial charge >= 0.3 is 12.4 Å². The largest absolute Gasteiger partial charge is 0.433 e. The van der Waals surface area contributed by atoms with Gasteiger partial charge < -0.3 is 15.4 Å². The monoisotopic (exact) mass is 499 g/mol. The first-order chi connectivity index (χ1) is 16.4. The number of hydrogen-bond acceptors (Lipinski definition) is 8. The van der Waals surface area contributed by atoms with Gasteiger partial charge in [0, 0.05) is 25.0 Å². The predicted octanol–water partition coefficient (Wildman–Crippen LogP) is 5.09. The Hall–Kier alpha value is -3.55. The number of aromatic nitrogens is 5. The van der Waals surface area contributed by atoms with Crippen molar-refractivity contribution < 1.29 is 31.1 Å². The fourth-order valence-electron chi connectivity index (χ4n) is 3.38. The van der Waals surface area contributed by atoms with Gasteiger partial charge in [0.25, 0.3) is 0 Å². The van der Waals surface area contributed by atoms with E-state index >= 15 is 0 Å². The van der Waals surface area contributed by atoms with Crippen LogP contribution < -0.4 is 10.6 Å². The van der Waals surface area contributed by atoms with Gasteiger partial charge in [-0.05, 0) is 44.0 Å². The molecule has 3 aromatic heterocycles. The lowest BCUT2D eigenvalue weighted by molar-refractivity contribution is -0.141. The van der Waals surface area contributed by atoms with Crippen molar-refractivity contribution in [2.75, 3.05) is 23.8 Å². The molecule has 3 aromatic rings. The Morgan fingerprint density at radius 2 is 1.69 bits per heavy atom. The maximum Gasteiger partial charge on any atom is 0.433 e. The van der Waals surface area contributed by atoms with Gasteiger partial charge in [-0.2, -0.15) is 41.3 Å². The molecule has 1 aliphatic heterocycles. The average Bonchev–Trinajstić information content (AvgIpc) is 3.23. The minimum atomic E-state index is -4.69. The van der Waals surface area contributed by atoms with E-state index in [1.165, 1.54) is 12.1 Å². The SMILES string of the molecule is CC1(CNc2nc(Nc3ccnc(C(F)(F)F)c3)nc(-c3cccc(C(F)(F)F)n3)n2)CCCO1. The van der Waals surface area contributed by atoms with Gasteiger partial charge in [0.15, 0.2) is 5.82 Å². The van der Waals surface area contributed by atoms with Crippen LogP contribution in [0.25, 0.3) is 11.5 Å². The van der Waals surface area contributed by atoms with E-state index in [1.807, 2.05) is 6.92 Å². The number of anilines is 3. The highest BCUT2D eigenvalue weighted by Gasteiger charge is 2.34. The van der Waals surface area contributed by atoms with Crippen LogP contribution in [0.1, 0.15) is 31.2 Å². The van der Waals surface area contributed by atoms with E-state index in [0.29, 0.717) is 13.2 Å². The van der Waals surface area contributed by atoms with Crippen molar-refractivity contribution in [2.45, 2.75) is 37.7 Å². The molecule has 2 N–H and O–H groups in total. The van der Waals surface area contributed by atoms with Crippen molar-refractivity contribution in [3.05, 3.63) is 47.9 Å². The Balaban J connectivity index is 1.69. The summed E-state index contributed by atoms with van der Waals surface area (Å²) >= 11 is 0. The second kappa shape index (κ2) is 9.24. The molecular weight excluding hydrogens is 480 g/mol. The summed E-state index contributed by atoms with van der Waals surface area (Å²) in [6.45, 7) is 2.77. The van der Waals surface area contributed by atoms with Crippen molar-refractivity contribution >= 4 is 17.6 Å². The molecule has 35 heavy (non-hydrogen) atoms. The lowest BCUT2D eigenvalue weighted by Crippen LogP contribution is -2.33. The summed E-state index contributed by atoms with van der Waals surface area (Å²) in [5.41, 5.74) is -3.00. The first kappa shape index (κ1) is 24.6. The molecule has 1 aliphatic rings. The molecule has 4 heterocycles. The standard InChI is InChI=1S/C21H19F6N7O/c1-19(7-3-9-35-19)11-29-17-32-16(13-4-2-5-14(31-13)20(22,23)24)33-18(34-17)30-12-6-8-28-15(10-12)21(25,26)27/h2,4-6,8,10H,3,7,9,11H2,1H3,(H2,28,29,30,32,33,34). The summed E-state index contributed by atoms with van der Waals surface area (Å²) in [5.74, 6) is -0.425. The third-order valence-corrected chi connectivity index (χ3v) is 5.13. The number of nitrogens with one attached hydrogen (secondary N) is 2. The minimum Gasteiger partial charge on any atom is -0.373 e. The van der Waals surface area contributed by atoms with E-state index in [-0.39, 0.29) is 29.1 Å². The molecule has 0 spiro atoms. The first-order valence-corrected chi connectivity index (χ1v) is 10.4. The summed E-state index contributed by atoms with van der Waals surface area (Å²) in [6.07, 6.45) is -6.77. The van der Waals surface area contributed by atoms with Crippen LogP contribution >= 0.6 is 0 Å². The number of nitrogens with zero attached hydrogens (tertiary/aromatic N) is 5. The Labute approximate surface area is 195 Å². The maximum absolute atomic E-state index is 13.1. The zero-order valence-corrected chi connectivity index (χ0v) is 18.2. The van der Waals surface area contributed by atoms with Crippen LogP contribution in [0.2, 0.25) is 0 Å². The summed E-state index contributed by atoms with van der Waals surface area (Å²) < 4.78 is 84.2. The molecule has 1 fully saturated rings. The van der Waals surface area contributed by atoms with Gasteiger partial charge in [-0.1, -0.05) is 6.07 Å². The van der Waals surface area contributed by atoms with Crippen LogP contribution in [0.15, 0.2) is 36.5 Å². The van der Waals surface area contributed by atoms with Crippen LogP contribution in [0.3, 0.4) is 0 Å². The third-order valence-electron chi connectivity index (χ3n) is 5.13. The second-order valence-corrected chi connectivity index (χ2v) is 8.02. The lowest BCUT2D eigenvalue weighted by atomic mass is 10.0. The van der Waals surface area contributed by atoms with Crippen LogP contribution in [0.4, 0.5) is 43.9 Å². The smallest absolute Gasteiger partial charge is 0.373 e. The zero-order valence-electron chi connectivity index (χ0n) is 18.2. The molecule has 0 radical (unpaired) electrons. The molecule has 0 saturated carbocycles. The van der Waals surface area contributed by atoms with E-state index in [1.54, 1.807) is 0 Å². The topological polar surface area (TPSA) is 97.7 Å². The van der Waals surface area contributed by atoms with Gasteiger partial charge in [-0.15, -0.1) is 0 Å². The quantitative estimate of drug-likeness (QED) is 0.453. The van der Waals surface area contributed by atoms with Gasteiger partial charge in [0.05, 0.1) is 5.60 Å². The Morgan fingerprint density at radius 3 is 2.37 bits per heavy atom. The summed E-state index contributed by atoms with van der Waals surface area (Å²) in [5, 5.41) is 5.60. The molecule has 1 unspecified atom stereocenters. The Morgan fingerprint density at radius 1 is 0.943 bits per heavy atom. The van der Waals surface area contributed by atoms with Crippen molar-refractivity contribution in [2.24, 2.45) is 0 Å². The molecule has 186 valence electrons. The highest BCUT2D eigenvalue weighted by Crippen LogP contribution is 2.31. The summed E-state index contributed by atoms with van der Waals surface area (Å²) in [4.78, 5) is 19.3. The molecule has 1 saturated heterocycles. The lowest BCUT2D eigenvalue weighted by Gasteiger charge is -2.23. The van der Waals surface area contributed by atoms with Crippen LogP contribution in [-0.2, 0) is 17.1 Å². The number of hydrogen-bond donors (Lipinski definition) is 2. The van der Waals surface area contributed by atoms with Crippen LogP contribution in [0.5, 0.6) is 0 Å². The number of ether oxygens (including phenoxy) is 1. The van der Waals surface area contributed by atoms with E-state index in [2.05, 4.69) is 35.6 Å². The molecule has 4 rings (SSSR count). The van der Waals surface area contributed by atoms with E-state index in [4.69, 9.17) is 4.74 Å². The maximum atomic E-state index is 13.1. The molecule has 0 aromatic carbocycles. The van der Waals surface area contributed by atoms with Crippen molar-refractivity contribution in [1.29, 1.82) is 0 Å². The van der Waals surface area contributed by atoms with Crippen molar-refractivity contribution in [1.82, 2.24) is 24.9 Å². The highest BCUT2D eigenvalue weighted by molar-refractivity contribution is 5.59. The first-order valence-electron chi connectivity index (χ1n) is 10.4. The average molecular weight is 499 g/mol. The van der Waals surface area contributed by atoms with Gasteiger partial charge in [-0.3, -0.25) is 4.98 Å². The summed E-state index contributed by atoms with van der Waals surface area (Å²) in [6, 6.07) is 5.26. The number of rotatable bonds is 6. The predicted molar refractivity (Wildman–Crippen MR) is 113 cm³/mol. The van der Waals surface area contributed by atoms with Crippen molar-refractivity contribution in [3.63, 3.8) is 0 Å². The molecule has 0 bridgehead atoms. The highest BCUT2D eigenvalue weighted by atomic mass is 19.4. The van der Waals surface area contributed by atoms with Crippen LogP contribution in [0, 0.1) is 0 Å². The Bertz CT molecular complexity index is 1200. The fraction of sp³-hybridized carbons (Fsp3) is 0.381. The Kier molecular flexibility index (Phi) is 6.49. The van der Waals surface area contributed by atoms with Crippen LogP contribution in [-0.4, -0.2) is 43.7 Å². The van der Waals surface area contributed by atoms with E-state index in [0.717, 1.165) is 37.2 Å². The van der Waals surface area contributed by atoms with Crippen molar-refractivity contribution in [3.8, 4) is 11.5 Å². The van der Waals surface area contributed by atoms with Gasteiger partial charge in [0.2, 0.25) is 11.9 Å². The zero-order chi connectivity index (χ0) is 25.3. The van der Waals surface area contributed by atoms with Gasteiger partial charge in [-0.25, -0.2) is 4.98 Å². The third kappa shape index (κ3) is 6.12. The molecule has 8 nitrogen and oxygen atoms in total. The summed E-state index contributed by atoms with van der Waals surface area (Å²) in [7, 11) is 0. The van der Waals surface area contributed by atoms with Gasteiger partial charge in [0.1, 0.15) is 17.1 Å². The number of pyridine rings is 2. The second-order valence-electron chi connectivity index (χ2n) is 8.02. The molecule has 14 heteroatoms. The minimum absolute atomic E-state index is 0.0152. The molecular formula is C21H19F6N7O. The fourth-order valence-corrected chi connectivity index (χ4v) is 3.38. The molecule has 0 aliphatic carbocycles. The van der Waals surface area contributed by atoms with E-state index in [9.17, 15) is 26.3 Å². The number of halogens is 6. The normalized spacial score (nSPS) is 18.5. The number of alkyl halides is 6. The van der Waals surface area contributed by atoms with E-state index < -0.39 is 29.3 Å². The molecule has 0 amide bonds. The molecule has 1 atom stereocenters.